The maximum Gasteiger partial charge on any atom is 0.192 e. The van der Waals surface area contributed by atoms with Crippen LogP contribution in [0.1, 0.15) is 71.1 Å². The van der Waals surface area contributed by atoms with Gasteiger partial charge in [0.2, 0.25) is 0 Å². The van der Waals surface area contributed by atoms with Crippen molar-refractivity contribution in [2.24, 2.45) is 5.92 Å². The van der Waals surface area contributed by atoms with Crippen molar-refractivity contribution < 1.29 is 14.3 Å². The third-order valence-electron chi connectivity index (χ3n) is 8.87. The molecule has 3 aromatic carbocycles. The normalized spacial score (nSPS) is 14.9. The molecule has 1 N–H and O–H groups in total. The van der Waals surface area contributed by atoms with Crippen LogP contribution in [0.5, 0.6) is 0 Å². The van der Waals surface area contributed by atoms with Gasteiger partial charge in [-0.1, -0.05) is 117 Å². The SMILES string of the molecule is C/C(=C(/C)[C@@H](C)O)[C@H](CCCOC(c1ccccc1)(c1ccccc1)c1ccccc1)CO[Si](C)(C)C(C)(C)C. The fourth-order valence-electron chi connectivity index (χ4n) is 4.93. The van der Waals surface area contributed by atoms with Crippen LogP contribution in [0.4, 0.5) is 0 Å². The van der Waals surface area contributed by atoms with Crippen LogP contribution in [-0.2, 0) is 14.8 Å². The van der Waals surface area contributed by atoms with Crippen molar-refractivity contribution >= 4 is 8.32 Å². The second kappa shape index (κ2) is 13.9. The zero-order valence-corrected chi connectivity index (χ0v) is 26.9. The van der Waals surface area contributed by atoms with E-state index < -0.39 is 20.0 Å². The van der Waals surface area contributed by atoms with Gasteiger partial charge < -0.3 is 14.3 Å². The molecule has 0 amide bonds. The molecule has 2 atom stereocenters. The van der Waals surface area contributed by atoms with E-state index in [0.29, 0.717) is 13.2 Å². The molecular formula is C36H50O3Si. The van der Waals surface area contributed by atoms with E-state index in [1.807, 2.05) is 13.8 Å². The van der Waals surface area contributed by atoms with E-state index in [9.17, 15) is 5.11 Å². The van der Waals surface area contributed by atoms with Gasteiger partial charge in [-0.25, -0.2) is 0 Å². The Morgan fingerprint density at radius 3 is 1.55 bits per heavy atom. The van der Waals surface area contributed by atoms with Crippen LogP contribution in [0.2, 0.25) is 18.1 Å². The highest BCUT2D eigenvalue weighted by Gasteiger charge is 2.39. The predicted molar refractivity (Wildman–Crippen MR) is 171 cm³/mol. The maximum atomic E-state index is 10.3. The van der Waals surface area contributed by atoms with Crippen molar-refractivity contribution in [2.45, 2.75) is 84.2 Å². The van der Waals surface area contributed by atoms with Crippen LogP contribution < -0.4 is 0 Å². The lowest BCUT2D eigenvalue weighted by Gasteiger charge is -2.38. The fraction of sp³-hybridized carbons (Fsp3) is 0.444. The van der Waals surface area contributed by atoms with Gasteiger partial charge in [0, 0.05) is 19.1 Å². The van der Waals surface area contributed by atoms with Gasteiger partial charge in [-0.05, 0) is 74.0 Å². The van der Waals surface area contributed by atoms with Crippen molar-refractivity contribution in [3.8, 4) is 0 Å². The molecule has 0 fully saturated rings. The second-order valence-electron chi connectivity index (χ2n) is 12.6. The quantitative estimate of drug-likeness (QED) is 0.0984. The third-order valence-corrected chi connectivity index (χ3v) is 13.4. The summed E-state index contributed by atoms with van der Waals surface area (Å²) in [6, 6.07) is 31.6. The minimum absolute atomic E-state index is 0.151. The Balaban J connectivity index is 1.89. The largest absolute Gasteiger partial charge is 0.416 e. The summed E-state index contributed by atoms with van der Waals surface area (Å²) in [5.74, 6) is 0.229. The van der Waals surface area contributed by atoms with Crippen molar-refractivity contribution in [1.82, 2.24) is 0 Å². The minimum Gasteiger partial charge on any atom is -0.416 e. The second-order valence-corrected chi connectivity index (χ2v) is 17.4. The first-order chi connectivity index (χ1) is 18.9. The van der Waals surface area contributed by atoms with Crippen LogP contribution in [0.25, 0.3) is 0 Å². The maximum absolute atomic E-state index is 10.3. The number of rotatable bonds is 13. The zero-order chi connectivity index (χ0) is 29.4. The van der Waals surface area contributed by atoms with Crippen molar-refractivity contribution in [2.75, 3.05) is 13.2 Å². The molecule has 0 bridgehead atoms. The first-order valence-electron chi connectivity index (χ1n) is 14.7. The number of hydrogen-bond acceptors (Lipinski definition) is 3. The predicted octanol–water partition coefficient (Wildman–Crippen LogP) is 9.13. The van der Waals surface area contributed by atoms with Gasteiger partial charge in [0.1, 0.15) is 5.60 Å². The van der Waals surface area contributed by atoms with Gasteiger partial charge in [-0.3, -0.25) is 0 Å². The van der Waals surface area contributed by atoms with Crippen molar-refractivity contribution in [3.63, 3.8) is 0 Å². The molecule has 0 aromatic heterocycles. The van der Waals surface area contributed by atoms with Gasteiger partial charge in [-0.15, -0.1) is 0 Å². The topological polar surface area (TPSA) is 38.7 Å². The van der Waals surface area contributed by atoms with Crippen LogP contribution in [0.15, 0.2) is 102 Å². The molecule has 0 spiro atoms. The standard InChI is InChI=1S/C36H50O3Si/c1-28(30(3)37)29(2)31(27-39-40(7,8)35(4,5)6)19-18-26-38-36(32-20-12-9-13-21-32,33-22-14-10-15-23-33)34-24-16-11-17-25-34/h9-17,20-25,30-31,37H,18-19,26-27H2,1-8H3/b29-28+/t30-,31-/m1/s1. The molecule has 0 saturated carbocycles. The van der Waals surface area contributed by atoms with Gasteiger partial charge in [-0.2, -0.15) is 0 Å². The summed E-state index contributed by atoms with van der Waals surface area (Å²) in [5, 5.41) is 10.5. The van der Waals surface area contributed by atoms with Crippen LogP contribution in [0, 0.1) is 5.92 Å². The average molecular weight is 559 g/mol. The molecule has 0 aliphatic heterocycles. The molecule has 0 aliphatic rings. The summed E-state index contributed by atoms with van der Waals surface area (Å²) < 4.78 is 13.7. The molecule has 3 aromatic rings. The lowest BCUT2D eigenvalue weighted by molar-refractivity contribution is 0.00908. The molecule has 40 heavy (non-hydrogen) atoms. The molecule has 0 aliphatic carbocycles. The van der Waals surface area contributed by atoms with E-state index in [1.165, 1.54) is 5.57 Å². The lowest BCUT2D eigenvalue weighted by atomic mass is 9.80. The number of hydrogen-bond donors (Lipinski definition) is 1. The average Bonchev–Trinajstić information content (AvgIpc) is 2.94. The smallest absolute Gasteiger partial charge is 0.192 e. The summed E-state index contributed by atoms with van der Waals surface area (Å²) in [5.41, 5.74) is 4.91. The highest BCUT2D eigenvalue weighted by molar-refractivity contribution is 6.74. The van der Waals surface area contributed by atoms with E-state index in [2.05, 4.69) is 132 Å². The zero-order valence-electron chi connectivity index (χ0n) is 25.9. The summed E-state index contributed by atoms with van der Waals surface area (Å²) in [6.45, 7) is 18.8. The Bertz CT molecular complexity index is 1100. The highest BCUT2D eigenvalue weighted by Crippen LogP contribution is 2.41. The van der Waals surface area contributed by atoms with E-state index in [0.717, 1.165) is 35.1 Å². The lowest BCUT2D eigenvalue weighted by Crippen LogP contribution is -2.42. The Kier molecular flexibility index (Phi) is 11.1. The number of ether oxygens (including phenoxy) is 1. The number of aliphatic hydroxyl groups is 1. The van der Waals surface area contributed by atoms with E-state index >= 15 is 0 Å². The Labute approximate surface area is 244 Å². The fourth-order valence-corrected chi connectivity index (χ4v) is 5.98. The molecule has 0 saturated heterocycles. The molecule has 4 heteroatoms. The van der Waals surface area contributed by atoms with Gasteiger partial charge in [0.05, 0.1) is 6.10 Å². The molecule has 0 heterocycles. The summed E-state index contributed by atoms with van der Waals surface area (Å²) in [6.07, 6.45) is 1.34. The Morgan fingerprint density at radius 2 is 1.18 bits per heavy atom. The minimum atomic E-state index is -1.90. The van der Waals surface area contributed by atoms with Crippen LogP contribution >= 0.6 is 0 Å². The van der Waals surface area contributed by atoms with Crippen molar-refractivity contribution in [1.29, 1.82) is 0 Å². The molecule has 0 radical (unpaired) electrons. The van der Waals surface area contributed by atoms with Crippen LogP contribution in [-0.4, -0.2) is 32.7 Å². The summed E-state index contributed by atoms with van der Waals surface area (Å²) >= 11 is 0. The van der Waals surface area contributed by atoms with Crippen LogP contribution in [0.3, 0.4) is 0 Å². The Morgan fingerprint density at radius 1 is 0.750 bits per heavy atom. The summed E-state index contributed by atoms with van der Waals surface area (Å²) in [7, 11) is -1.90. The number of benzene rings is 3. The van der Waals surface area contributed by atoms with E-state index in [1.54, 1.807) is 0 Å². The highest BCUT2D eigenvalue weighted by atomic mass is 28.4. The first-order valence-corrected chi connectivity index (χ1v) is 17.6. The number of aliphatic hydroxyl groups excluding tert-OH is 1. The first kappa shape index (κ1) is 32.0. The molecular weight excluding hydrogens is 508 g/mol. The van der Waals surface area contributed by atoms with E-state index in [-0.39, 0.29) is 11.0 Å². The van der Waals surface area contributed by atoms with Gasteiger partial charge in [0.25, 0.3) is 0 Å². The van der Waals surface area contributed by atoms with Gasteiger partial charge in [0.15, 0.2) is 8.32 Å². The Hall–Kier alpha value is -2.50. The van der Waals surface area contributed by atoms with E-state index in [4.69, 9.17) is 9.16 Å². The monoisotopic (exact) mass is 558 g/mol. The molecule has 3 nitrogen and oxygen atoms in total. The summed E-state index contributed by atoms with van der Waals surface area (Å²) in [4.78, 5) is 0. The van der Waals surface area contributed by atoms with Gasteiger partial charge >= 0.3 is 0 Å². The molecule has 216 valence electrons. The molecule has 0 unspecified atom stereocenters. The molecule has 3 rings (SSSR count). The third kappa shape index (κ3) is 7.61. The van der Waals surface area contributed by atoms with Crippen molar-refractivity contribution in [3.05, 3.63) is 119 Å².